The summed E-state index contributed by atoms with van der Waals surface area (Å²) in [6.45, 7) is 0. The average Bonchev–Trinajstić information content (AvgIpc) is 2.43. The van der Waals surface area contributed by atoms with E-state index >= 15 is 0 Å². The molecule has 0 atom stereocenters. The highest BCUT2D eigenvalue weighted by Crippen LogP contribution is 2.27. The Morgan fingerprint density at radius 3 is 2.57 bits per heavy atom. The summed E-state index contributed by atoms with van der Waals surface area (Å²) in [5, 5.41) is 14.0. The first kappa shape index (κ1) is 15.1. The van der Waals surface area contributed by atoms with Crippen LogP contribution in [-0.2, 0) is 0 Å². The van der Waals surface area contributed by atoms with Crippen molar-refractivity contribution >= 4 is 46.2 Å². The minimum atomic E-state index is -0.654. The predicted molar refractivity (Wildman–Crippen MR) is 81.9 cm³/mol. The monoisotopic (exact) mass is 325 g/mol. The van der Waals surface area contributed by atoms with Crippen LogP contribution in [0.2, 0.25) is 10.0 Å². The summed E-state index contributed by atoms with van der Waals surface area (Å²) in [7, 11) is 0. The number of anilines is 2. The Balaban J connectivity index is 2.30. The van der Waals surface area contributed by atoms with Crippen LogP contribution < -0.4 is 11.1 Å². The van der Waals surface area contributed by atoms with Gasteiger partial charge in [0.15, 0.2) is 0 Å². The van der Waals surface area contributed by atoms with Crippen LogP contribution in [0.1, 0.15) is 10.4 Å². The molecule has 108 valence electrons. The molecule has 1 amide bonds. The first-order valence-electron chi connectivity index (χ1n) is 5.69. The van der Waals surface area contributed by atoms with Crippen molar-refractivity contribution in [3.63, 3.8) is 0 Å². The molecule has 0 heterocycles. The maximum absolute atomic E-state index is 12.1. The zero-order valence-electron chi connectivity index (χ0n) is 10.5. The largest absolute Gasteiger partial charge is 0.393 e. The van der Waals surface area contributed by atoms with Crippen LogP contribution in [0, 0.1) is 10.1 Å². The number of hydrogen-bond acceptors (Lipinski definition) is 4. The maximum Gasteiger partial charge on any atom is 0.292 e. The zero-order chi connectivity index (χ0) is 15.6. The molecule has 0 aliphatic carbocycles. The van der Waals surface area contributed by atoms with E-state index in [1.807, 2.05) is 0 Å². The van der Waals surface area contributed by atoms with E-state index in [0.29, 0.717) is 15.7 Å². The van der Waals surface area contributed by atoms with Crippen molar-refractivity contribution in [1.29, 1.82) is 0 Å². The standard InChI is InChI=1S/C13H9Cl2N3O3/c14-8-2-3-9(15)11(6-8)17-13(19)7-1-4-10(16)12(5-7)18(20)21/h1-6H,16H2,(H,17,19). The second-order valence-corrected chi connectivity index (χ2v) is 4.95. The van der Waals surface area contributed by atoms with E-state index in [1.165, 1.54) is 24.3 Å². The van der Waals surface area contributed by atoms with Gasteiger partial charge in [-0.3, -0.25) is 14.9 Å². The van der Waals surface area contributed by atoms with Crippen LogP contribution in [0.25, 0.3) is 0 Å². The number of nitrogens with two attached hydrogens (primary N) is 1. The lowest BCUT2D eigenvalue weighted by molar-refractivity contribution is -0.383. The Labute approximate surface area is 129 Å². The number of carbonyl (C=O) groups is 1. The summed E-state index contributed by atoms with van der Waals surface area (Å²) in [5.74, 6) is -0.553. The van der Waals surface area contributed by atoms with Crippen LogP contribution in [0.3, 0.4) is 0 Å². The lowest BCUT2D eigenvalue weighted by atomic mass is 10.1. The summed E-state index contributed by atoms with van der Waals surface area (Å²) in [6.07, 6.45) is 0. The Kier molecular flexibility index (Phi) is 4.30. The van der Waals surface area contributed by atoms with Crippen molar-refractivity contribution < 1.29 is 9.72 Å². The van der Waals surface area contributed by atoms with Crippen molar-refractivity contribution in [2.24, 2.45) is 0 Å². The Hall–Kier alpha value is -2.31. The van der Waals surface area contributed by atoms with Gasteiger partial charge in [-0.05, 0) is 30.3 Å². The van der Waals surface area contributed by atoms with Crippen LogP contribution in [0.5, 0.6) is 0 Å². The molecule has 0 saturated carbocycles. The van der Waals surface area contributed by atoms with Gasteiger partial charge in [-0.2, -0.15) is 0 Å². The Morgan fingerprint density at radius 1 is 1.19 bits per heavy atom. The molecule has 0 fully saturated rings. The molecule has 8 heteroatoms. The molecule has 0 unspecified atom stereocenters. The molecular formula is C13H9Cl2N3O3. The van der Waals surface area contributed by atoms with Gasteiger partial charge in [-0.1, -0.05) is 23.2 Å². The highest BCUT2D eigenvalue weighted by Gasteiger charge is 2.16. The summed E-state index contributed by atoms with van der Waals surface area (Å²) in [4.78, 5) is 22.2. The van der Waals surface area contributed by atoms with Crippen LogP contribution in [0.15, 0.2) is 36.4 Å². The first-order chi connectivity index (χ1) is 9.88. The SMILES string of the molecule is Nc1ccc(C(=O)Nc2cc(Cl)ccc2Cl)cc1[N+](=O)[O-]. The number of nitrogens with one attached hydrogen (secondary N) is 1. The fraction of sp³-hybridized carbons (Fsp3) is 0. The molecule has 0 bridgehead atoms. The molecule has 2 rings (SSSR count). The summed E-state index contributed by atoms with van der Waals surface area (Å²) < 4.78 is 0. The van der Waals surface area contributed by atoms with E-state index in [9.17, 15) is 14.9 Å². The molecule has 0 aliphatic rings. The normalized spacial score (nSPS) is 10.2. The number of hydrogen-bond donors (Lipinski definition) is 2. The van der Waals surface area contributed by atoms with E-state index in [1.54, 1.807) is 6.07 Å². The zero-order valence-corrected chi connectivity index (χ0v) is 12.0. The number of rotatable bonds is 3. The lowest BCUT2D eigenvalue weighted by Gasteiger charge is -2.08. The fourth-order valence-electron chi connectivity index (χ4n) is 1.63. The van der Waals surface area contributed by atoms with E-state index in [0.717, 1.165) is 6.07 Å². The number of nitrogens with zero attached hydrogens (tertiary/aromatic N) is 1. The quantitative estimate of drug-likeness (QED) is 0.510. The lowest BCUT2D eigenvalue weighted by Crippen LogP contribution is -2.13. The van der Waals surface area contributed by atoms with E-state index in [4.69, 9.17) is 28.9 Å². The summed E-state index contributed by atoms with van der Waals surface area (Å²) in [5.41, 5.74) is 5.53. The second-order valence-electron chi connectivity index (χ2n) is 4.11. The highest BCUT2D eigenvalue weighted by atomic mass is 35.5. The van der Waals surface area contributed by atoms with Gasteiger partial charge in [0.25, 0.3) is 11.6 Å². The van der Waals surface area contributed by atoms with Gasteiger partial charge < -0.3 is 11.1 Å². The molecule has 0 spiro atoms. The molecular weight excluding hydrogens is 317 g/mol. The van der Waals surface area contributed by atoms with Crippen LogP contribution >= 0.6 is 23.2 Å². The Bertz CT molecular complexity index is 735. The molecule has 2 aromatic carbocycles. The topological polar surface area (TPSA) is 98.3 Å². The third-order valence-electron chi connectivity index (χ3n) is 2.67. The number of carbonyl (C=O) groups excluding carboxylic acids is 1. The third-order valence-corrected chi connectivity index (χ3v) is 3.23. The van der Waals surface area contributed by atoms with Gasteiger partial charge in [0.05, 0.1) is 15.6 Å². The molecule has 2 aromatic rings. The van der Waals surface area contributed by atoms with Crippen molar-refractivity contribution in [1.82, 2.24) is 0 Å². The Morgan fingerprint density at radius 2 is 1.90 bits per heavy atom. The van der Waals surface area contributed by atoms with Crippen LogP contribution in [-0.4, -0.2) is 10.8 Å². The minimum Gasteiger partial charge on any atom is -0.393 e. The van der Waals surface area contributed by atoms with Gasteiger partial charge in [-0.15, -0.1) is 0 Å². The van der Waals surface area contributed by atoms with Gasteiger partial charge >= 0.3 is 0 Å². The molecule has 3 N–H and O–H groups in total. The number of halogens is 2. The van der Waals surface area contributed by atoms with E-state index in [2.05, 4.69) is 5.32 Å². The smallest absolute Gasteiger partial charge is 0.292 e. The second kappa shape index (κ2) is 5.99. The molecule has 0 radical (unpaired) electrons. The number of nitro benzene ring substituents is 1. The number of nitrogen functional groups attached to an aromatic ring is 1. The molecule has 6 nitrogen and oxygen atoms in total. The number of benzene rings is 2. The first-order valence-corrected chi connectivity index (χ1v) is 6.44. The summed E-state index contributed by atoms with van der Waals surface area (Å²) >= 11 is 11.8. The van der Waals surface area contributed by atoms with Crippen molar-refractivity contribution in [3.05, 3.63) is 62.1 Å². The van der Waals surface area contributed by atoms with Gasteiger partial charge in [0.1, 0.15) is 5.69 Å². The molecule has 0 aliphatic heterocycles. The number of nitro groups is 1. The van der Waals surface area contributed by atoms with Crippen molar-refractivity contribution in [2.45, 2.75) is 0 Å². The number of amides is 1. The maximum atomic E-state index is 12.1. The average molecular weight is 326 g/mol. The van der Waals surface area contributed by atoms with Crippen molar-refractivity contribution in [2.75, 3.05) is 11.1 Å². The predicted octanol–water partition coefficient (Wildman–Crippen LogP) is 3.74. The molecule has 0 aromatic heterocycles. The van der Waals surface area contributed by atoms with Gasteiger partial charge in [0.2, 0.25) is 0 Å². The van der Waals surface area contributed by atoms with Crippen molar-refractivity contribution in [3.8, 4) is 0 Å². The van der Waals surface area contributed by atoms with Gasteiger partial charge in [0, 0.05) is 16.7 Å². The third kappa shape index (κ3) is 3.42. The van der Waals surface area contributed by atoms with E-state index < -0.39 is 10.8 Å². The highest BCUT2D eigenvalue weighted by molar-refractivity contribution is 6.35. The van der Waals surface area contributed by atoms with Gasteiger partial charge in [-0.25, -0.2) is 0 Å². The minimum absolute atomic E-state index is 0.0164. The molecule has 21 heavy (non-hydrogen) atoms. The summed E-state index contributed by atoms with van der Waals surface area (Å²) in [6, 6.07) is 8.37. The molecule has 0 saturated heterocycles. The van der Waals surface area contributed by atoms with Crippen LogP contribution in [0.4, 0.5) is 17.1 Å². The van der Waals surface area contributed by atoms with E-state index in [-0.39, 0.29) is 16.9 Å². The fourth-order valence-corrected chi connectivity index (χ4v) is 1.97.